The highest BCUT2D eigenvalue weighted by atomic mass is 32.2. The zero-order valence-electron chi connectivity index (χ0n) is 22.7. The van der Waals surface area contributed by atoms with Gasteiger partial charge in [0.25, 0.3) is 11.6 Å². The van der Waals surface area contributed by atoms with Gasteiger partial charge >= 0.3 is 0 Å². The number of nitro benzene ring substituents is 1. The fraction of sp³-hybridized carbons (Fsp3) is 0.125. The molecule has 0 saturated carbocycles. The first-order valence-electron chi connectivity index (χ1n) is 13.3. The summed E-state index contributed by atoms with van der Waals surface area (Å²) >= 11 is 2.96. The zero-order valence-corrected chi connectivity index (χ0v) is 24.4. The van der Waals surface area contributed by atoms with Crippen molar-refractivity contribution in [3.63, 3.8) is 0 Å². The molecule has 0 aromatic heterocycles. The first-order valence-corrected chi connectivity index (χ1v) is 14.9. The molecule has 2 aliphatic heterocycles. The number of rotatable bonds is 5. The first kappa shape index (κ1) is 26.4. The van der Waals surface area contributed by atoms with E-state index in [-0.39, 0.29) is 16.5 Å². The van der Waals surface area contributed by atoms with Gasteiger partial charge in [-0.05, 0) is 76.3 Å². The molecule has 1 saturated heterocycles. The van der Waals surface area contributed by atoms with Gasteiger partial charge < -0.3 is 9.64 Å². The lowest BCUT2D eigenvalue weighted by Crippen LogP contribution is -2.29. The Bertz CT molecular complexity index is 1850. The maximum absolute atomic E-state index is 14.0. The molecule has 2 heterocycles. The fourth-order valence-corrected chi connectivity index (χ4v) is 7.78. The molecule has 8 nitrogen and oxygen atoms in total. The first-order chi connectivity index (χ1) is 20.4. The second-order valence-electron chi connectivity index (χ2n) is 10.1. The van der Waals surface area contributed by atoms with E-state index in [2.05, 4.69) is 0 Å². The van der Waals surface area contributed by atoms with Crippen molar-refractivity contribution in [1.29, 1.82) is 0 Å². The summed E-state index contributed by atoms with van der Waals surface area (Å²) in [4.78, 5) is 35.4. The lowest BCUT2D eigenvalue weighted by atomic mass is 10.1. The Hall–Kier alpha value is -4.54. The summed E-state index contributed by atoms with van der Waals surface area (Å²) in [5, 5.41) is 12.8. The highest BCUT2D eigenvalue weighted by molar-refractivity contribution is 8.19. The molecule has 7 rings (SSSR count). The summed E-state index contributed by atoms with van der Waals surface area (Å²) in [5.74, 6) is 0.678. The summed E-state index contributed by atoms with van der Waals surface area (Å²) in [6.45, 7) is 0.400. The van der Waals surface area contributed by atoms with E-state index in [1.54, 1.807) is 35.9 Å². The van der Waals surface area contributed by atoms with Crippen LogP contribution in [0.1, 0.15) is 16.7 Å². The van der Waals surface area contributed by atoms with E-state index < -0.39 is 0 Å². The molecule has 1 amide bonds. The highest BCUT2D eigenvalue weighted by Crippen LogP contribution is 2.51. The van der Waals surface area contributed by atoms with Crippen LogP contribution in [0.3, 0.4) is 0 Å². The van der Waals surface area contributed by atoms with E-state index in [1.807, 2.05) is 84.7 Å². The van der Waals surface area contributed by atoms with E-state index in [4.69, 9.17) is 9.73 Å². The van der Waals surface area contributed by atoms with Crippen molar-refractivity contribution in [2.75, 3.05) is 19.1 Å². The monoisotopic (exact) mass is 592 g/mol. The lowest BCUT2D eigenvalue weighted by molar-refractivity contribution is -0.384. The van der Waals surface area contributed by atoms with Crippen molar-refractivity contribution < 1.29 is 14.5 Å². The molecule has 0 N–H and O–H groups in total. The Morgan fingerprint density at radius 3 is 2.48 bits per heavy atom. The van der Waals surface area contributed by atoms with Crippen molar-refractivity contribution in [3.8, 4) is 16.9 Å². The van der Waals surface area contributed by atoms with Crippen LogP contribution in [0.2, 0.25) is 0 Å². The molecule has 208 valence electrons. The SMILES string of the molecule is COc1ccc2c(c1)N(C)C(=C1SC(=Nc3ccc4c(c3)Cc3cc([N+](=O)[O-])ccc3-4)N(Cc3ccccc3)C1=O)S2. The summed E-state index contributed by atoms with van der Waals surface area (Å²) in [7, 11) is 3.61. The van der Waals surface area contributed by atoms with Gasteiger partial charge in [-0.25, -0.2) is 4.99 Å². The molecule has 0 radical (unpaired) electrons. The number of nitrogens with zero attached hydrogens (tertiary/aromatic N) is 4. The number of carbonyl (C=O) groups is 1. The minimum absolute atomic E-state index is 0.0856. The molecule has 3 aliphatic rings. The largest absolute Gasteiger partial charge is 0.497 e. The molecule has 42 heavy (non-hydrogen) atoms. The second-order valence-corrected chi connectivity index (χ2v) is 12.1. The number of amides is 1. The number of hydrogen-bond donors (Lipinski definition) is 0. The predicted molar refractivity (Wildman–Crippen MR) is 167 cm³/mol. The number of amidine groups is 1. The van der Waals surface area contributed by atoms with Crippen LogP contribution >= 0.6 is 23.5 Å². The highest BCUT2D eigenvalue weighted by Gasteiger charge is 2.39. The van der Waals surface area contributed by atoms with E-state index in [0.29, 0.717) is 23.0 Å². The summed E-state index contributed by atoms with van der Waals surface area (Å²) in [6.07, 6.45) is 0.600. The Morgan fingerprint density at radius 2 is 1.71 bits per heavy atom. The zero-order chi connectivity index (χ0) is 29.0. The number of anilines is 1. The van der Waals surface area contributed by atoms with E-state index in [1.165, 1.54) is 11.8 Å². The molecular weight excluding hydrogens is 569 g/mol. The standard InChI is InChI=1S/C32H24N4O4S2/c1-34-27-17-24(40-2)10-13-28(27)41-31(34)29-30(37)35(18-19-6-4-3-5-7-19)32(42-29)33-22-8-11-25-20(15-22)14-21-16-23(36(38)39)9-12-26(21)25/h3-13,15-17H,14,18H2,1-2H3. The number of nitro groups is 1. The van der Waals surface area contributed by atoms with Gasteiger partial charge in [-0.3, -0.25) is 19.8 Å². The lowest BCUT2D eigenvalue weighted by Gasteiger charge is -2.17. The number of thioether (sulfide) groups is 2. The van der Waals surface area contributed by atoms with Crippen LogP contribution in [0.15, 0.2) is 105 Å². The van der Waals surface area contributed by atoms with Crippen molar-refractivity contribution in [2.45, 2.75) is 17.9 Å². The van der Waals surface area contributed by atoms with Gasteiger partial charge in [0.15, 0.2) is 5.17 Å². The van der Waals surface area contributed by atoms with Crippen LogP contribution < -0.4 is 9.64 Å². The molecule has 0 spiro atoms. The number of aliphatic imine (C=N–C) groups is 1. The van der Waals surface area contributed by atoms with Crippen LogP contribution in [0.25, 0.3) is 11.1 Å². The summed E-state index contributed by atoms with van der Waals surface area (Å²) in [5.41, 5.74) is 6.89. The van der Waals surface area contributed by atoms with Crippen molar-refractivity contribution in [3.05, 3.63) is 122 Å². The number of non-ortho nitro benzene ring substituents is 1. The van der Waals surface area contributed by atoms with Crippen LogP contribution in [0.5, 0.6) is 5.75 Å². The molecule has 4 aromatic rings. The van der Waals surface area contributed by atoms with Crippen molar-refractivity contribution in [2.24, 2.45) is 4.99 Å². The van der Waals surface area contributed by atoms with Gasteiger partial charge in [-0.2, -0.15) is 0 Å². The van der Waals surface area contributed by atoms with Crippen molar-refractivity contribution in [1.82, 2.24) is 4.90 Å². The van der Waals surface area contributed by atoms with E-state index >= 15 is 0 Å². The van der Waals surface area contributed by atoms with Gasteiger partial charge in [0.2, 0.25) is 0 Å². The second kappa shape index (κ2) is 10.4. The topological polar surface area (TPSA) is 88.3 Å². The van der Waals surface area contributed by atoms with Gasteiger partial charge in [0.1, 0.15) is 10.7 Å². The van der Waals surface area contributed by atoms with Gasteiger partial charge in [0.05, 0.1) is 35.0 Å². The molecule has 4 aromatic carbocycles. The minimum atomic E-state index is -0.364. The molecule has 0 unspecified atom stereocenters. The molecule has 0 atom stereocenters. The fourth-order valence-electron chi connectivity index (χ4n) is 5.45. The number of ether oxygens (including phenoxy) is 1. The maximum atomic E-state index is 14.0. The third kappa shape index (κ3) is 4.53. The van der Waals surface area contributed by atoms with Gasteiger partial charge in [-0.1, -0.05) is 48.2 Å². The average molecular weight is 593 g/mol. The van der Waals surface area contributed by atoms with E-state index in [0.717, 1.165) is 54.9 Å². The summed E-state index contributed by atoms with van der Waals surface area (Å²) in [6, 6.07) is 26.8. The van der Waals surface area contributed by atoms with Gasteiger partial charge in [0, 0.05) is 30.1 Å². The predicted octanol–water partition coefficient (Wildman–Crippen LogP) is 7.35. The average Bonchev–Trinajstić information content (AvgIpc) is 3.63. The van der Waals surface area contributed by atoms with Crippen LogP contribution in [-0.2, 0) is 17.8 Å². The Kier molecular flexibility index (Phi) is 6.52. The Labute approximate surface area is 250 Å². The van der Waals surface area contributed by atoms with Crippen LogP contribution in [0.4, 0.5) is 17.1 Å². The maximum Gasteiger partial charge on any atom is 0.269 e. The number of carbonyl (C=O) groups excluding carboxylic acids is 1. The third-order valence-electron chi connectivity index (χ3n) is 7.56. The van der Waals surface area contributed by atoms with Crippen LogP contribution in [0, 0.1) is 10.1 Å². The Balaban J connectivity index is 1.25. The molecule has 10 heteroatoms. The number of methoxy groups -OCH3 is 1. The third-order valence-corrected chi connectivity index (χ3v) is 10.00. The number of benzene rings is 4. The minimum Gasteiger partial charge on any atom is -0.497 e. The molecule has 1 aliphatic carbocycles. The quantitative estimate of drug-likeness (QED) is 0.120. The molecule has 1 fully saturated rings. The smallest absolute Gasteiger partial charge is 0.269 e. The van der Waals surface area contributed by atoms with Crippen LogP contribution in [-0.4, -0.2) is 35.1 Å². The van der Waals surface area contributed by atoms with E-state index in [9.17, 15) is 14.9 Å². The number of fused-ring (bicyclic) bond motifs is 4. The number of hydrogen-bond acceptors (Lipinski definition) is 8. The van der Waals surface area contributed by atoms with Crippen molar-refractivity contribution >= 4 is 51.7 Å². The Morgan fingerprint density at radius 1 is 0.952 bits per heavy atom. The molecule has 0 bridgehead atoms. The molecular formula is C32H24N4O4S2. The normalized spacial score (nSPS) is 18.0. The summed E-state index contributed by atoms with van der Waals surface area (Å²) < 4.78 is 5.42. The van der Waals surface area contributed by atoms with Gasteiger partial charge in [-0.15, -0.1) is 0 Å².